The molecule has 2 aliphatic heterocycles. The number of aliphatic imine (C=N–C) groups is 1. The zero-order valence-corrected chi connectivity index (χ0v) is 31.5. The van der Waals surface area contributed by atoms with Crippen molar-refractivity contribution < 1.29 is 19.1 Å². The monoisotopic (exact) mass is 752 g/mol. The first-order valence-electron chi connectivity index (χ1n) is 17.7. The van der Waals surface area contributed by atoms with Crippen molar-refractivity contribution in [3.63, 3.8) is 0 Å². The van der Waals surface area contributed by atoms with Gasteiger partial charge in [-0.1, -0.05) is 30.3 Å². The van der Waals surface area contributed by atoms with Gasteiger partial charge in [-0.05, 0) is 69.2 Å². The number of nitrogens with zero attached hydrogens (tertiary/aromatic N) is 6. The Balaban J connectivity index is 0.878. The van der Waals surface area contributed by atoms with E-state index in [1.165, 1.54) is 4.88 Å². The highest BCUT2D eigenvalue weighted by atomic mass is 35.5. The van der Waals surface area contributed by atoms with Gasteiger partial charge in [-0.3, -0.25) is 24.2 Å². The van der Waals surface area contributed by atoms with Gasteiger partial charge in [-0.15, -0.1) is 21.5 Å². The maximum absolute atomic E-state index is 13.2. The van der Waals surface area contributed by atoms with Crippen LogP contribution in [0.5, 0.6) is 5.75 Å². The molecule has 7 rings (SSSR count). The molecule has 0 radical (unpaired) electrons. The number of pyridine rings is 1. The van der Waals surface area contributed by atoms with E-state index in [0.29, 0.717) is 63.0 Å². The molecule has 3 aromatic heterocycles. The number of thiophene rings is 1. The summed E-state index contributed by atoms with van der Waals surface area (Å²) < 4.78 is 13.8. The molecule has 2 aromatic carbocycles. The molecular weight excluding hydrogens is 712 g/mol. The molecule has 14 heteroatoms. The molecule has 12 nitrogen and oxygen atoms in total. The molecule has 1 atom stereocenters. The second-order valence-corrected chi connectivity index (χ2v) is 14.7. The predicted molar refractivity (Wildman–Crippen MR) is 208 cm³/mol. The third-order valence-electron chi connectivity index (χ3n) is 9.34. The van der Waals surface area contributed by atoms with Crippen LogP contribution in [0, 0.1) is 20.8 Å². The molecule has 274 valence electrons. The van der Waals surface area contributed by atoms with E-state index < -0.39 is 6.04 Å². The molecule has 0 bridgehead atoms. The van der Waals surface area contributed by atoms with Crippen molar-refractivity contribution >= 4 is 57.2 Å². The predicted octanol–water partition coefficient (Wildman–Crippen LogP) is 7.16. The number of aromatic nitrogens is 4. The normalized spacial score (nSPS) is 15.4. The molecule has 0 spiro atoms. The number of anilines is 1. The Morgan fingerprint density at radius 1 is 1.08 bits per heavy atom. The summed E-state index contributed by atoms with van der Waals surface area (Å²) in [5.41, 5.74) is 6.20. The maximum Gasteiger partial charge on any atom is 0.326 e. The number of nitrogens with one attached hydrogen (secondary N) is 2. The standard InChI is InChI=1S/C39H41ClN8O4S/c1-23-13-15-47(39(50)43-23)30-19-28-20-31(11-12-32(28)42-22-30)52-18-6-17-51-16-5-14-41-34(49)21-33-37-46-45-26(4)48(37)38-35(24(2)25(3)53-38)36(44-33)27-7-9-29(40)10-8-27/h7-12,19-20,22,33H,1,5-6,13-18,21H2,2-4H3,(H,41,49)(H,43,50)/t33-/m0/s1. The summed E-state index contributed by atoms with van der Waals surface area (Å²) in [6.45, 7) is 12.5. The quantitative estimate of drug-likeness (QED) is 0.122. The molecule has 0 saturated carbocycles. The fourth-order valence-electron chi connectivity index (χ4n) is 6.45. The molecule has 0 unspecified atom stereocenters. The summed E-state index contributed by atoms with van der Waals surface area (Å²) >= 11 is 7.90. The number of halogens is 1. The Hall–Kier alpha value is -5.11. The van der Waals surface area contributed by atoms with Crippen molar-refractivity contribution in [2.75, 3.05) is 37.8 Å². The van der Waals surface area contributed by atoms with Gasteiger partial charge in [0.05, 0.1) is 36.1 Å². The SMILES string of the molecule is C=C1CCN(c2cnc3ccc(OCCCOCCCNC(=O)C[C@@H]4N=C(c5ccc(Cl)cc5)c5c(sc(C)c5C)-n5c(C)nnc54)cc3c2)C(=O)N1. The minimum absolute atomic E-state index is 0.115. The number of urea groups is 1. The van der Waals surface area contributed by atoms with E-state index in [0.717, 1.165) is 61.3 Å². The molecule has 2 aliphatic rings. The topological polar surface area (TPSA) is 136 Å². The Kier molecular flexibility index (Phi) is 10.9. The first-order valence-corrected chi connectivity index (χ1v) is 18.9. The third kappa shape index (κ3) is 7.97. The lowest BCUT2D eigenvalue weighted by atomic mass is 9.99. The zero-order valence-electron chi connectivity index (χ0n) is 29.9. The number of benzene rings is 2. The van der Waals surface area contributed by atoms with E-state index in [1.54, 1.807) is 22.4 Å². The van der Waals surface area contributed by atoms with Crippen LogP contribution in [0.3, 0.4) is 0 Å². The fourth-order valence-corrected chi connectivity index (χ4v) is 7.79. The number of rotatable bonds is 13. The van der Waals surface area contributed by atoms with Gasteiger partial charge in [0.15, 0.2) is 5.82 Å². The smallest absolute Gasteiger partial charge is 0.326 e. The number of aryl methyl sites for hydroxylation is 2. The molecule has 3 amide bonds. The van der Waals surface area contributed by atoms with Gasteiger partial charge in [0.1, 0.15) is 22.6 Å². The third-order valence-corrected chi connectivity index (χ3v) is 10.8. The molecule has 5 heterocycles. The number of hydrogen-bond acceptors (Lipinski definition) is 9. The molecular formula is C39H41ClN8O4S. The lowest BCUT2D eigenvalue weighted by Gasteiger charge is -2.28. The van der Waals surface area contributed by atoms with Crippen molar-refractivity contribution in [2.45, 2.75) is 52.5 Å². The molecule has 2 N–H and O–H groups in total. The van der Waals surface area contributed by atoms with E-state index in [-0.39, 0.29) is 18.4 Å². The van der Waals surface area contributed by atoms with Crippen molar-refractivity contribution in [2.24, 2.45) is 4.99 Å². The number of ether oxygens (including phenoxy) is 2. The Morgan fingerprint density at radius 3 is 2.70 bits per heavy atom. The van der Waals surface area contributed by atoms with Crippen LogP contribution in [-0.4, -0.2) is 70.3 Å². The molecule has 53 heavy (non-hydrogen) atoms. The van der Waals surface area contributed by atoms with Gasteiger partial charge in [-0.2, -0.15) is 0 Å². The van der Waals surface area contributed by atoms with Crippen LogP contribution in [0.15, 0.2) is 72.0 Å². The van der Waals surface area contributed by atoms with E-state index in [9.17, 15) is 9.59 Å². The zero-order chi connectivity index (χ0) is 37.1. The van der Waals surface area contributed by atoms with Crippen LogP contribution in [0.1, 0.15) is 64.9 Å². The lowest BCUT2D eigenvalue weighted by Crippen LogP contribution is -2.45. The number of hydrogen-bond donors (Lipinski definition) is 2. The van der Waals surface area contributed by atoms with Gasteiger partial charge in [0.2, 0.25) is 5.91 Å². The Labute approximate surface area is 316 Å². The first-order chi connectivity index (χ1) is 25.7. The van der Waals surface area contributed by atoms with Gasteiger partial charge in [0, 0.05) is 71.3 Å². The number of fused-ring (bicyclic) bond motifs is 4. The Morgan fingerprint density at radius 2 is 1.89 bits per heavy atom. The minimum Gasteiger partial charge on any atom is -0.493 e. The average molecular weight is 753 g/mol. The van der Waals surface area contributed by atoms with Gasteiger partial charge >= 0.3 is 6.03 Å². The summed E-state index contributed by atoms with van der Waals surface area (Å²) in [7, 11) is 0. The average Bonchev–Trinajstić information content (AvgIpc) is 3.62. The van der Waals surface area contributed by atoms with Crippen LogP contribution in [0.4, 0.5) is 10.5 Å². The maximum atomic E-state index is 13.2. The van der Waals surface area contributed by atoms with E-state index >= 15 is 0 Å². The van der Waals surface area contributed by atoms with Crippen molar-refractivity contribution in [1.29, 1.82) is 0 Å². The highest BCUT2D eigenvalue weighted by Crippen LogP contribution is 2.39. The highest BCUT2D eigenvalue weighted by molar-refractivity contribution is 7.15. The lowest BCUT2D eigenvalue weighted by molar-refractivity contribution is -0.121. The van der Waals surface area contributed by atoms with Crippen LogP contribution in [0.25, 0.3) is 15.9 Å². The largest absolute Gasteiger partial charge is 0.493 e. The van der Waals surface area contributed by atoms with Crippen LogP contribution >= 0.6 is 22.9 Å². The van der Waals surface area contributed by atoms with E-state index in [4.69, 9.17) is 26.1 Å². The number of amides is 3. The second-order valence-electron chi connectivity index (χ2n) is 13.1. The Bertz CT molecular complexity index is 2210. The fraction of sp³-hybridized carbons (Fsp3) is 0.333. The van der Waals surface area contributed by atoms with E-state index in [2.05, 4.69) is 46.2 Å². The van der Waals surface area contributed by atoms with Gasteiger partial charge in [0.25, 0.3) is 0 Å². The molecule has 1 fully saturated rings. The molecule has 1 saturated heterocycles. The van der Waals surface area contributed by atoms with Gasteiger partial charge in [-0.25, -0.2) is 4.79 Å². The number of carbonyl (C=O) groups excluding carboxylic acids is 2. The van der Waals surface area contributed by atoms with Crippen molar-refractivity contribution in [3.8, 4) is 10.8 Å². The van der Waals surface area contributed by atoms with Crippen LogP contribution in [0.2, 0.25) is 5.02 Å². The summed E-state index contributed by atoms with van der Waals surface area (Å²) in [5.74, 6) is 2.01. The van der Waals surface area contributed by atoms with Gasteiger partial charge < -0.3 is 20.1 Å². The minimum atomic E-state index is -0.518. The first kappa shape index (κ1) is 36.3. The summed E-state index contributed by atoms with van der Waals surface area (Å²) in [6.07, 6.45) is 3.91. The number of carbonyl (C=O) groups is 2. The second kappa shape index (κ2) is 15.9. The summed E-state index contributed by atoms with van der Waals surface area (Å²) in [4.78, 5) is 38.2. The summed E-state index contributed by atoms with van der Waals surface area (Å²) in [6, 6.07) is 14.6. The van der Waals surface area contributed by atoms with Crippen LogP contribution in [-0.2, 0) is 9.53 Å². The van der Waals surface area contributed by atoms with E-state index in [1.807, 2.05) is 60.0 Å². The highest BCUT2D eigenvalue weighted by Gasteiger charge is 2.32. The van der Waals surface area contributed by atoms with Crippen molar-refractivity contribution in [3.05, 3.63) is 105 Å². The van der Waals surface area contributed by atoms with Crippen molar-refractivity contribution in [1.82, 2.24) is 30.4 Å². The molecule has 5 aromatic rings. The molecule has 0 aliphatic carbocycles. The summed E-state index contributed by atoms with van der Waals surface area (Å²) in [5, 5.41) is 17.2. The van der Waals surface area contributed by atoms with Crippen LogP contribution < -0.4 is 20.3 Å².